The molecule has 0 aromatic carbocycles. The molecule has 2 N–H and O–H groups in total. The average Bonchev–Trinajstić information content (AvgIpc) is 2.86. The van der Waals surface area contributed by atoms with Gasteiger partial charge in [0.25, 0.3) is 11.5 Å². The standard InChI is InChI=1S/C16H15ClN6O2/c1-8-5-18-15-13(17)14(22-23(15)6-8)16(25)21-10-2-9(3-10)11-4-12(24)20-7-19-11/h4-7,9-10H,2-3H2,1H3,(H,21,25)(H,19,20,24). The van der Waals surface area contributed by atoms with Gasteiger partial charge in [0.15, 0.2) is 11.3 Å². The van der Waals surface area contributed by atoms with Gasteiger partial charge >= 0.3 is 0 Å². The molecule has 1 aliphatic rings. The van der Waals surface area contributed by atoms with E-state index in [2.05, 4.69) is 25.4 Å². The van der Waals surface area contributed by atoms with Crippen molar-refractivity contribution in [2.45, 2.75) is 31.7 Å². The van der Waals surface area contributed by atoms with Gasteiger partial charge in [-0.25, -0.2) is 14.5 Å². The predicted molar refractivity (Wildman–Crippen MR) is 90.8 cm³/mol. The third-order valence-corrected chi connectivity index (χ3v) is 4.70. The zero-order chi connectivity index (χ0) is 17.6. The van der Waals surface area contributed by atoms with Crippen LogP contribution in [0.3, 0.4) is 0 Å². The van der Waals surface area contributed by atoms with Gasteiger partial charge in [0, 0.05) is 30.4 Å². The number of carbonyl (C=O) groups excluding carboxylic acids is 1. The van der Waals surface area contributed by atoms with Crippen LogP contribution in [-0.2, 0) is 0 Å². The first-order valence-electron chi connectivity index (χ1n) is 7.87. The molecule has 3 aromatic heterocycles. The summed E-state index contributed by atoms with van der Waals surface area (Å²) in [6.07, 6.45) is 6.29. The molecule has 25 heavy (non-hydrogen) atoms. The molecule has 8 nitrogen and oxygen atoms in total. The molecule has 9 heteroatoms. The number of nitrogens with zero attached hydrogens (tertiary/aromatic N) is 4. The van der Waals surface area contributed by atoms with Gasteiger partial charge in [-0.2, -0.15) is 5.10 Å². The van der Waals surface area contributed by atoms with Crippen molar-refractivity contribution in [1.82, 2.24) is 29.9 Å². The van der Waals surface area contributed by atoms with Crippen molar-refractivity contribution < 1.29 is 4.79 Å². The molecule has 1 aliphatic carbocycles. The molecule has 0 saturated heterocycles. The van der Waals surface area contributed by atoms with E-state index < -0.39 is 0 Å². The van der Waals surface area contributed by atoms with Gasteiger partial charge in [-0.3, -0.25) is 9.59 Å². The van der Waals surface area contributed by atoms with Crippen molar-refractivity contribution in [3.63, 3.8) is 0 Å². The molecule has 0 unspecified atom stereocenters. The number of H-pyrrole nitrogens is 1. The van der Waals surface area contributed by atoms with E-state index >= 15 is 0 Å². The zero-order valence-electron chi connectivity index (χ0n) is 13.4. The third-order valence-electron chi connectivity index (χ3n) is 4.35. The van der Waals surface area contributed by atoms with Gasteiger partial charge in [0.1, 0.15) is 5.02 Å². The molecule has 0 spiro atoms. The van der Waals surface area contributed by atoms with Crippen LogP contribution in [0.1, 0.15) is 40.5 Å². The van der Waals surface area contributed by atoms with Crippen molar-refractivity contribution in [2.75, 3.05) is 0 Å². The minimum Gasteiger partial charge on any atom is -0.348 e. The molecule has 1 saturated carbocycles. The van der Waals surface area contributed by atoms with E-state index in [1.807, 2.05) is 6.92 Å². The number of nitrogens with one attached hydrogen (secondary N) is 2. The Balaban J connectivity index is 1.45. The van der Waals surface area contributed by atoms with Crippen LogP contribution in [0, 0.1) is 6.92 Å². The molecule has 1 amide bonds. The summed E-state index contributed by atoms with van der Waals surface area (Å²) in [5, 5.41) is 7.39. The Hall–Kier alpha value is -2.74. The van der Waals surface area contributed by atoms with E-state index in [4.69, 9.17) is 11.6 Å². The number of carbonyl (C=O) groups is 1. The molecule has 3 heterocycles. The quantitative estimate of drug-likeness (QED) is 0.737. The van der Waals surface area contributed by atoms with Crippen LogP contribution in [0.2, 0.25) is 5.02 Å². The number of aromatic nitrogens is 5. The minimum absolute atomic E-state index is 0.00848. The number of amides is 1. The molecule has 0 atom stereocenters. The lowest BCUT2D eigenvalue weighted by Crippen LogP contribution is -2.44. The number of halogens is 1. The maximum absolute atomic E-state index is 12.5. The largest absolute Gasteiger partial charge is 0.348 e. The fourth-order valence-corrected chi connectivity index (χ4v) is 3.24. The maximum atomic E-state index is 12.5. The van der Waals surface area contributed by atoms with E-state index in [1.165, 1.54) is 16.9 Å². The number of fused-ring (bicyclic) bond motifs is 1. The first-order valence-corrected chi connectivity index (χ1v) is 8.25. The van der Waals surface area contributed by atoms with Crippen LogP contribution in [-0.4, -0.2) is 36.5 Å². The number of rotatable bonds is 3. The lowest BCUT2D eigenvalue weighted by Gasteiger charge is -2.35. The van der Waals surface area contributed by atoms with Crippen molar-refractivity contribution >= 4 is 23.2 Å². The first-order chi connectivity index (χ1) is 12.0. The van der Waals surface area contributed by atoms with E-state index in [0.717, 1.165) is 24.1 Å². The Kier molecular flexibility index (Phi) is 3.76. The third kappa shape index (κ3) is 2.89. The molecule has 3 aromatic rings. The fourth-order valence-electron chi connectivity index (χ4n) is 2.98. The summed E-state index contributed by atoms with van der Waals surface area (Å²) >= 11 is 6.24. The van der Waals surface area contributed by atoms with E-state index in [9.17, 15) is 9.59 Å². The molecular formula is C16H15ClN6O2. The van der Waals surface area contributed by atoms with Gasteiger partial charge in [-0.05, 0) is 25.3 Å². The summed E-state index contributed by atoms with van der Waals surface area (Å²) in [5.41, 5.74) is 2.12. The highest BCUT2D eigenvalue weighted by Crippen LogP contribution is 2.35. The van der Waals surface area contributed by atoms with Crippen molar-refractivity contribution in [2.24, 2.45) is 0 Å². The summed E-state index contributed by atoms with van der Waals surface area (Å²) in [7, 11) is 0. The minimum atomic E-state index is -0.324. The Morgan fingerprint density at radius 3 is 2.96 bits per heavy atom. The lowest BCUT2D eigenvalue weighted by molar-refractivity contribution is 0.0903. The Morgan fingerprint density at radius 2 is 2.20 bits per heavy atom. The van der Waals surface area contributed by atoms with Crippen LogP contribution in [0.25, 0.3) is 5.65 Å². The summed E-state index contributed by atoms with van der Waals surface area (Å²) in [5.74, 6) is -0.149. The van der Waals surface area contributed by atoms with Crippen LogP contribution in [0.4, 0.5) is 0 Å². The molecule has 1 fully saturated rings. The van der Waals surface area contributed by atoms with Gasteiger partial charge < -0.3 is 10.3 Å². The molecule has 4 rings (SSSR count). The van der Waals surface area contributed by atoms with Crippen LogP contribution in [0.15, 0.2) is 29.6 Å². The highest BCUT2D eigenvalue weighted by atomic mass is 35.5. The summed E-state index contributed by atoms with van der Waals surface area (Å²) in [4.78, 5) is 34.7. The molecule has 0 aliphatic heterocycles. The highest BCUT2D eigenvalue weighted by molar-refractivity contribution is 6.36. The second-order valence-electron chi connectivity index (χ2n) is 6.24. The molecule has 0 bridgehead atoms. The summed E-state index contributed by atoms with van der Waals surface area (Å²) < 4.78 is 1.51. The van der Waals surface area contributed by atoms with Crippen LogP contribution in [0.5, 0.6) is 0 Å². The van der Waals surface area contributed by atoms with E-state index in [0.29, 0.717) is 5.65 Å². The Labute approximate surface area is 147 Å². The highest BCUT2D eigenvalue weighted by Gasteiger charge is 2.33. The van der Waals surface area contributed by atoms with Gasteiger partial charge in [-0.15, -0.1) is 0 Å². The van der Waals surface area contributed by atoms with E-state index in [-0.39, 0.29) is 34.1 Å². The Morgan fingerprint density at radius 1 is 1.40 bits per heavy atom. The summed E-state index contributed by atoms with van der Waals surface area (Å²) in [6, 6.07) is 1.50. The average molecular weight is 359 g/mol. The first kappa shape index (κ1) is 15.8. The smallest absolute Gasteiger partial charge is 0.273 e. The SMILES string of the molecule is Cc1cnc2c(Cl)c(C(=O)NC3CC(c4cc(=O)[nH]cn4)C3)nn2c1. The van der Waals surface area contributed by atoms with Crippen LogP contribution >= 0.6 is 11.6 Å². The number of aryl methyl sites for hydroxylation is 1. The number of hydrogen-bond donors (Lipinski definition) is 2. The predicted octanol–water partition coefficient (Wildman–Crippen LogP) is 1.45. The molecular weight excluding hydrogens is 344 g/mol. The number of aromatic amines is 1. The van der Waals surface area contributed by atoms with Crippen molar-refractivity contribution in [3.05, 3.63) is 57.1 Å². The van der Waals surface area contributed by atoms with Crippen molar-refractivity contribution in [3.8, 4) is 0 Å². The lowest BCUT2D eigenvalue weighted by atomic mass is 9.78. The van der Waals surface area contributed by atoms with Crippen LogP contribution < -0.4 is 10.9 Å². The van der Waals surface area contributed by atoms with Gasteiger partial charge in [-0.1, -0.05) is 11.6 Å². The second kappa shape index (κ2) is 5.96. The second-order valence-corrected chi connectivity index (χ2v) is 6.61. The van der Waals surface area contributed by atoms with Crippen molar-refractivity contribution in [1.29, 1.82) is 0 Å². The van der Waals surface area contributed by atoms with Gasteiger partial charge in [0.05, 0.1) is 12.0 Å². The normalized spacial score (nSPS) is 19.6. The number of hydrogen-bond acceptors (Lipinski definition) is 5. The van der Waals surface area contributed by atoms with E-state index in [1.54, 1.807) is 12.4 Å². The molecule has 128 valence electrons. The maximum Gasteiger partial charge on any atom is 0.273 e. The van der Waals surface area contributed by atoms with Gasteiger partial charge in [0.2, 0.25) is 0 Å². The topological polar surface area (TPSA) is 105 Å². The Bertz CT molecular complexity index is 1020. The summed E-state index contributed by atoms with van der Waals surface area (Å²) in [6.45, 7) is 1.89. The molecule has 0 radical (unpaired) electrons. The monoisotopic (exact) mass is 358 g/mol. The zero-order valence-corrected chi connectivity index (χ0v) is 14.1. The fraction of sp³-hybridized carbons (Fsp3) is 0.312.